The van der Waals surface area contributed by atoms with E-state index >= 15 is 0 Å². The Hall–Kier alpha value is -1.68. The van der Waals surface area contributed by atoms with Crippen molar-refractivity contribution in [3.05, 3.63) is 35.4 Å². The number of aryl methyl sites for hydroxylation is 1. The van der Waals surface area contributed by atoms with Crippen molar-refractivity contribution in [1.29, 1.82) is 0 Å². The van der Waals surface area contributed by atoms with E-state index in [-0.39, 0.29) is 23.9 Å². The van der Waals surface area contributed by atoms with E-state index in [9.17, 15) is 9.59 Å². The number of carbonyl (C=O) groups is 2. The first-order valence-electron chi connectivity index (χ1n) is 7.30. The third-order valence-corrected chi connectivity index (χ3v) is 4.14. The van der Waals surface area contributed by atoms with Crippen LogP contribution in [0, 0.1) is 6.92 Å². The van der Waals surface area contributed by atoms with Crippen LogP contribution in [-0.4, -0.2) is 35.3 Å². The van der Waals surface area contributed by atoms with Crippen molar-refractivity contribution in [1.82, 2.24) is 10.2 Å². The number of amides is 2. The summed E-state index contributed by atoms with van der Waals surface area (Å²) in [5.41, 5.74) is 2.55. The lowest BCUT2D eigenvalue weighted by atomic mass is 10.1. The number of likely N-dealkylation sites (tertiary alicyclic amines) is 1. The highest BCUT2D eigenvalue weighted by atomic mass is 16.2. The van der Waals surface area contributed by atoms with Crippen LogP contribution >= 0.6 is 0 Å². The summed E-state index contributed by atoms with van der Waals surface area (Å²) in [5, 5.41) is 3.24. The molecule has 2 fully saturated rings. The Balaban J connectivity index is 1.53. The molecule has 1 aliphatic carbocycles. The number of imide groups is 1. The second-order valence-electron chi connectivity index (χ2n) is 5.72. The highest BCUT2D eigenvalue weighted by molar-refractivity contribution is 6.06. The Morgan fingerprint density at radius 3 is 2.70 bits per heavy atom. The average molecular weight is 272 g/mol. The van der Waals surface area contributed by atoms with Crippen LogP contribution in [0.5, 0.6) is 0 Å². The molecule has 0 bridgehead atoms. The van der Waals surface area contributed by atoms with Gasteiger partial charge in [-0.2, -0.15) is 0 Å². The Morgan fingerprint density at radius 1 is 1.25 bits per heavy atom. The summed E-state index contributed by atoms with van der Waals surface area (Å²) in [6.07, 6.45) is 3.16. The third kappa shape index (κ3) is 2.61. The van der Waals surface area contributed by atoms with Gasteiger partial charge in [0, 0.05) is 6.04 Å². The maximum absolute atomic E-state index is 12.1. The first-order chi connectivity index (χ1) is 9.66. The molecular formula is C16H20N2O2. The van der Waals surface area contributed by atoms with Crippen LogP contribution in [0.3, 0.4) is 0 Å². The molecule has 3 rings (SSSR count). The van der Waals surface area contributed by atoms with Gasteiger partial charge in [-0.15, -0.1) is 0 Å². The molecule has 1 atom stereocenters. The van der Waals surface area contributed by atoms with Crippen LogP contribution < -0.4 is 5.32 Å². The first-order valence-corrected chi connectivity index (χ1v) is 7.30. The van der Waals surface area contributed by atoms with Crippen molar-refractivity contribution >= 4 is 11.8 Å². The number of hydrogen-bond donors (Lipinski definition) is 1. The Morgan fingerprint density at radius 2 is 2.00 bits per heavy atom. The average Bonchev–Trinajstić information content (AvgIpc) is 3.20. The quantitative estimate of drug-likeness (QED) is 0.825. The zero-order chi connectivity index (χ0) is 14.1. The fourth-order valence-corrected chi connectivity index (χ4v) is 2.80. The summed E-state index contributed by atoms with van der Waals surface area (Å²) in [6.45, 7) is 2.82. The molecule has 0 radical (unpaired) electrons. The van der Waals surface area contributed by atoms with Crippen LogP contribution in [-0.2, 0) is 16.0 Å². The molecule has 1 aromatic rings. The molecule has 1 unspecified atom stereocenters. The van der Waals surface area contributed by atoms with Gasteiger partial charge >= 0.3 is 0 Å². The lowest BCUT2D eigenvalue weighted by Gasteiger charge is -2.14. The maximum Gasteiger partial charge on any atom is 0.247 e. The highest BCUT2D eigenvalue weighted by Crippen LogP contribution is 2.31. The van der Waals surface area contributed by atoms with Gasteiger partial charge in [-0.05, 0) is 43.9 Å². The lowest BCUT2D eigenvalue weighted by Crippen LogP contribution is -2.40. The molecule has 4 nitrogen and oxygen atoms in total. The number of benzene rings is 1. The number of nitrogens with one attached hydrogen (secondary N) is 1. The van der Waals surface area contributed by atoms with E-state index in [1.54, 1.807) is 0 Å². The summed E-state index contributed by atoms with van der Waals surface area (Å²) in [6, 6.07) is 8.13. The molecule has 1 aliphatic heterocycles. The number of hydrogen-bond acceptors (Lipinski definition) is 3. The van der Waals surface area contributed by atoms with Crippen LogP contribution in [0.2, 0.25) is 0 Å². The Labute approximate surface area is 119 Å². The van der Waals surface area contributed by atoms with Gasteiger partial charge in [0.1, 0.15) is 0 Å². The van der Waals surface area contributed by atoms with Crippen LogP contribution in [0.25, 0.3) is 0 Å². The van der Waals surface area contributed by atoms with E-state index in [1.807, 2.05) is 12.1 Å². The van der Waals surface area contributed by atoms with Gasteiger partial charge in [-0.25, -0.2) is 0 Å². The fraction of sp³-hybridized carbons (Fsp3) is 0.500. The van der Waals surface area contributed by atoms with E-state index in [1.165, 1.54) is 16.0 Å². The first kappa shape index (κ1) is 13.3. The maximum atomic E-state index is 12.1. The lowest BCUT2D eigenvalue weighted by molar-refractivity contribution is -0.139. The topological polar surface area (TPSA) is 49.4 Å². The van der Waals surface area contributed by atoms with Gasteiger partial charge in [-0.3, -0.25) is 14.5 Å². The summed E-state index contributed by atoms with van der Waals surface area (Å²) in [7, 11) is 0. The van der Waals surface area contributed by atoms with Gasteiger partial charge < -0.3 is 5.32 Å². The summed E-state index contributed by atoms with van der Waals surface area (Å²) in [5.74, 6) is -0.0341. The zero-order valence-corrected chi connectivity index (χ0v) is 11.8. The molecule has 1 saturated heterocycles. The van der Waals surface area contributed by atoms with Crippen molar-refractivity contribution < 1.29 is 9.59 Å². The Kier molecular flexibility index (Phi) is 3.57. The van der Waals surface area contributed by atoms with Crippen molar-refractivity contribution in [2.45, 2.75) is 44.7 Å². The van der Waals surface area contributed by atoms with Gasteiger partial charge in [0.15, 0.2) is 0 Å². The minimum absolute atomic E-state index is 0.00843. The minimum Gasteiger partial charge on any atom is -0.305 e. The largest absolute Gasteiger partial charge is 0.305 e. The van der Waals surface area contributed by atoms with E-state index in [0.29, 0.717) is 6.42 Å². The molecule has 1 heterocycles. The molecule has 1 aromatic carbocycles. The molecule has 0 aromatic heterocycles. The monoisotopic (exact) mass is 272 g/mol. The fourth-order valence-electron chi connectivity index (χ4n) is 2.80. The van der Waals surface area contributed by atoms with Gasteiger partial charge in [0.2, 0.25) is 11.8 Å². The van der Waals surface area contributed by atoms with Crippen LogP contribution in [0.15, 0.2) is 24.3 Å². The SMILES string of the molecule is Cc1ccccc1CCNC1CC(=O)N(C2CC2)C1=O. The molecular weight excluding hydrogens is 252 g/mol. The molecule has 2 amide bonds. The van der Waals surface area contributed by atoms with E-state index in [4.69, 9.17) is 0 Å². The van der Waals surface area contributed by atoms with E-state index < -0.39 is 0 Å². The molecule has 106 valence electrons. The standard InChI is InChI=1S/C16H20N2O2/c1-11-4-2-3-5-12(11)8-9-17-14-10-15(19)18(16(14)20)13-6-7-13/h2-5,13-14,17H,6-10H2,1H3. The molecule has 1 saturated carbocycles. The summed E-state index contributed by atoms with van der Waals surface area (Å²) >= 11 is 0. The summed E-state index contributed by atoms with van der Waals surface area (Å²) < 4.78 is 0. The second kappa shape index (κ2) is 5.37. The van der Waals surface area contributed by atoms with Gasteiger partial charge in [0.05, 0.1) is 12.5 Å². The predicted octanol–water partition coefficient (Wildman–Crippen LogP) is 1.42. The van der Waals surface area contributed by atoms with E-state index in [0.717, 1.165) is 25.8 Å². The van der Waals surface area contributed by atoms with Crippen LogP contribution in [0.4, 0.5) is 0 Å². The zero-order valence-electron chi connectivity index (χ0n) is 11.8. The number of nitrogens with zero attached hydrogens (tertiary/aromatic N) is 1. The van der Waals surface area contributed by atoms with Crippen molar-refractivity contribution in [2.75, 3.05) is 6.54 Å². The van der Waals surface area contributed by atoms with E-state index in [2.05, 4.69) is 24.4 Å². The van der Waals surface area contributed by atoms with Crippen molar-refractivity contribution in [3.63, 3.8) is 0 Å². The second-order valence-corrected chi connectivity index (χ2v) is 5.72. The molecule has 0 spiro atoms. The van der Waals surface area contributed by atoms with Gasteiger partial charge in [-0.1, -0.05) is 24.3 Å². The highest BCUT2D eigenvalue weighted by Gasteiger charge is 2.45. The third-order valence-electron chi connectivity index (χ3n) is 4.14. The number of carbonyl (C=O) groups excluding carboxylic acids is 2. The van der Waals surface area contributed by atoms with Crippen molar-refractivity contribution in [2.24, 2.45) is 0 Å². The normalized spacial score (nSPS) is 22.6. The van der Waals surface area contributed by atoms with Gasteiger partial charge in [0.25, 0.3) is 0 Å². The minimum atomic E-state index is -0.313. The molecule has 2 aliphatic rings. The smallest absolute Gasteiger partial charge is 0.247 e. The van der Waals surface area contributed by atoms with Crippen molar-refractivity contribution in [3.8, 4) is 0 Å². The molecule has 4 heteroatoms. The summed E-state index contributed by atoms with van der Waals surface area (Å²) in [4.78, 5) is 25.5. The van der Waals surface area contributed by atoms with Crippen LogP contribution in [0.1, 0.15) is 30.4 Å². The Bertz CT molecular complexity index is 537. The molecule has 1 N–H and O–H groups in total. The predicted molar refractivity (Wildman–Crippen MR) is 76.2 cm³/mol. The molecule has 20 heavy (non-hydrogen) atoms. The number of rotatable bonds is 5.